The van der Waals surface area contributed by atoms with Crippen molar-refractivity contribution in [3.8, 4) is 0 Å². The monoisotopic (exact) mass is 418 g/mol. The molecule has 148 valence electrons. The van der Waals surface area contributed by atoms with Crippen LogP contribution in [-0.2, 0) is 19.6 Å². The molecule has 0 bridgehead atoms. The highest BCUT2D eigenvalue weighted by atomic mass is 32.2. The van der Waals surface area contributed by atoms with Gasteiger partial charge in [-0.25, -0.2) is 18.1 Å². The lowest BCUT2D eigenvalue weighted by Crippen LogP contribution is -2.27. The predicted octanol–water partition coefficient (Wildman–Crippen LogP) is 3.89. The lowest BCUT2D eigenvalue weighted by molar-refractivity contribution is -0.148. The number of sulfonamides is 1. The zero-order valence-corrected chi connectivity index (χ0v) is 17.6. The molecule has 1 heterocycles. The summed E-state index contributed by atoms with van der Waals surface area (Å²) in [4.78, 5) is 16.7. The van der Waals surface area contributed by atoms with Crippen molar-refractivity contribution in [1.29, 1.82) is 0 Å². The Morgan fingerprint density at radius 3 is 2.64 bits per heavy atom. The van der Waals surface area contributed by atoms with Crippen LogP contribution < -0.4 is 4.72 Å². The van der Waals surface area contributed by atoms with Crippen LogP contribution in [0.25, 0.3) is 10.2 Å². The molecule has 1 atom stereocenters. The number of para-hydroxylation sites is 1. The third-order valence-electron chi connectivity index (χ3n) is 4.38. The molecular weight excluding hydrogens is 396 g/mol. The smallest absolute Gasteiger partial charge is 0.307 e. The Balaban J connectivity index is 1.54. The fraction of sp³-hybridized carbons (Fsp3) is 0.300. The van der Waals surface area contributed by atoms with Gasteiger partial charge in [0.2, 0.25) is 10.0 Å². The molecule has 0 saturated carbocycles. The minimum absolute atomic E-state index is 0.0271. The predicted molar refractivity (Wildman–Crippen MR) is 110 cm³/mol. The van der Waals surface area contributed by atoms with Crippen molar-refractivity contribution >= 4 is 37.5 Å². The molecular formula is C20H22N2O4S2. The van der Waals surface area contributed by atoms with Crippen molar-refractivity contribution in [1.82, 2.24) is 9.71 Å². The van der Waals surface area contributed by atoms with Crippen molar-refractivity contribution in [2.75, 3.05) is 6.54 Å². The van der Waals surface area contributed by atoms with Crippen LogP contribution in [0.5, 0.6) is 0 Å². The second kappa shape index (κ2) is 8.38. The van der Waals surface area contributed by atoms with Gasteiger partial charge >= 0.3 is 5.97 Å². The van der Waals surface area contributed by atoms with E-state index < -0.39 is 22.1 Å². The second-order valence-corrected chi connectivity index (χ2v) is 9.37. The van der Waals surface area contributed by atoms with E-state index in [4.69, 9.17) is 4.74 Å². The number of carbonyl (C=O) groups is 1. The minimum Gasteiger partial charge on any atom is -0.455 e. The first-order chi connectivity index (χ1) is 13.3. The van der Waals surface area contributed by atoms with Gasteiger partial charge < -0.3 is 4.74 Å². The molecule has 0 fully saturated rings. The maximum absolute atomic E-state index is 12.3. The molecule has 2 aromatic carbocycles. The minimum atomic E-state index is -3.66. The third kappa shape index (κ3) is 4.76. The summed E-state index contributed by atoms with van der Waals surface area (Å²) in [5.41, 5.74) is 2.78. The summed E-state index contributed by atoms with van der Waals surface area (Å²) in [6.45, 7) is 5.51. The molecule has 8 heteroatoms. The normalized spacial score (nSPS) is 12.8. The van der Waals surface area contributed by atoms with Crippen molar-refractivity contribution in [2.45, 2.75) is 38.2 Å². The number of nitrogens with zero attached hydrogens (tertiary/aromatic N) is 1. The number of hydrogen-bond donors (Lipinski definition) is 1. The van der Waals surface area contributed by atoms with Gasteiger partial charge in [-0.05, 0) is 56.2 Å². The lowest BCUT2D eigenvalue weighted by atomic mass is 10.1. The van der Waals surface area contributed by atoms with Crippen LogP contribution in [0, 0.1) is 13.8 Å². The molecule has 0 aliphatic carbocycles. The van der Waals surface area contributed by atoms with Gasteiger partial charge in [0.15, 0.2) is 6.10 Å². The van der Waals surface area contributed by atoms with Gasteiger partial charge in [0, 0.05) is 6.54 Å². The molecule has 1 unspecified atom stereocenters. The van der Waals surface area contributed by atoms with Gasteiger partial charge in [0.25, 0.3) is 0 Å². The van der Waals surface area contributed by atoms with Gasteiger partial charge in [-0.2, -0.15) is 0 Å². The van der Waals surface area contributed by atoms with E-state index in [2.05, 4.69) is 9.71 Å². The first-order valence-electron chi connectivity index (χ1n) is 8.88. The fourth-order valence-electron chi connectivity index (χ4n) is 2.62. The van der Waals surface area contributed by atoms with Gasteiger partial charge in [0.05, 0.1) is 21.5 Å². The standard InChI is InChI=1S/C20H22N2O4S2/c1-13-8-9-16(12-14(13)2)28(24,25)21-11-10-19(23)26-15(3)20-22-17-6-4-5-7-18(17)27-20/h4-9,12,15,21H,10-11H2,1-3H3. The highest BCUT2D eigenvalue weighted by Crippen LogP contribution is 2.28. The largest absolute Gasteiger partial charge is 0.455 e. The maximum atomic E-state index is 12.3. The van der Waals surface area contributed by atoms with Gasteiger partial charge in [0.1, 0.15) is 5.01 Å². The number of aryl methyl sites for hydroxylation is 2. The summed E-state index contributed by atoms with van der Waals surface area (Å²) >= 11 is 1.48. The molecule has 0 spiro atoms. The topological polar surface area (TPSA) is 85.4 Å². The highest BCUT2D eigenvalue weighted by Gasteiger charge is 2.18. The van der Waals surface area contributed by atoms with Crippen molar-refractivity contribution in [3.63, 3.8) is 0 Å². The zero-order chi connectivity index (χ0) is 20.3. The van der Waals surface area contributed by atoms with E-state index >= 15 is 0 Å². The van der Waals surface area contributed by atoms with Crippen LogP contribution in [0.1, 0.15) is 35.6 Å². The third-order valence-corrected chi connectivity index (χ3v) is 7.03. The molecule has 28 heavy (non-hydrogen) atoms. The number of carbonyl (C=O) groups excluding carboxylic acids is 1. The number of benzene rings is 2. The molecule has 0 aliphatic heterocycles. The molecule has 1 aromatic heterocycles. The number of esters is 1. The summed E-state index contributed by atoms with van der Waals surface area (Å²) in [5.74, 6) is -0.477. The molecule has 0 saturated heterocycles. The van der Waals surface area contributed by atoms with Crippen LogP contribution in [0.15, 0.2) is 47.4 Å². The van der Waals surface area contributed by atoms with Crippen molar-refractivity contribution in [3.05, 3.63) is 58.6 Å². The molecule has 0 radical (unpaired) electrons. The molecule has 1 N–H and O–H groups in total. The summed E-state index contributed by atoms with van der Waals surface area (Å²) in [6.07, 6.45) is -0.541. The number of aromatic nitrogens is 1. The first-order valence-corrected chi connectivity index (χ1v) is 11.2. The maximum Gasteiger partial charge on any atom is 0.307 e. The van der Waals surface area contributed by atoms with E-state index in [1.807, 2.05) is 38.1 Å². The Hall–Kier alpha value is -2.29. The number of hydrogen-bond acceptors (Lipinski definition) is 6. The van der Waals surface area contributed by atoms with Crippen LogP contribution in [0.3, 0.4) is 0 Å². The van der Waals surface area contributed by atoms with E-state index in [1.165, 1.54) is 11.3 Å². The van der Waals surface area contributed by atoms with Gasteiger partial charge in [-0.1, -0.05) is 18.2 Å². The Bertz CT molecular complexity index is 1070. The van der Waals surface area contributed by atoms with E-state index in [0.29, 0.717) is 5.01 Å². The molecule has 6 nitrogen and oxygen atoms in total. The van der Waals surface area contributed by atoms with E-state index in [1.54, 1.807) is 25.1 Å². The summed E-state index contributed by atoms with van der Waals surface area (Å²) in [5, 5.41) is 0.713. The van der Waals surface area contributed by atoms with Crippen molar-refractivity contribution < 1.29 is 17.9 Å². The lowest BCUT2D eigenvalue weighted by Gasteiger charge is -2.11. The Kier molecular flexibility index (Phi) is 6.12. The van der Waals surface area contributed by atoms with Crippen LogP contribution >= 0.6 is 11.3 Å². The summed E-state index contributed by atoms with van der Waals surface area (Å²) in [6, 6.07) is 12.6. The SMILES string of the molecule is Cc1ccc(S(=O)(=O)NCCC(=O)OC(C)c2nc3ccccc3s2)cc1C. The van der Waals surface area contributed by atoms with E-state index in [0.717, 1.165) is 21.3 Å². The Morgan fingerprint density at radius 2 is 1.93 bits per heavy atom. The summed E-state index contributed by atoms with van der Waals surface area (Å²) in [7, 11) is -3.66. The Morgan fingerprint density at radius 1 is 1.18 bits per heavy atom. The van der Waals surface area contributed by atoms with Crippen molar-refractivity contribution in [2.24, 2.45) is 0 Å². The molecule has 3 rings (SSSR count). The summed E-state index contributed by atoms with van der Waals surface area (Å²) < 4.78 is 33.6. The molecule has 0 amide bonds. The van der Waals surface area contributed by atoms with E-state index in [-0.39, 0.29) is 17.9 Å². The highest BCUT2D eigenvalue weighted by molar-refractivity contribution is 7.89. The average Bonchev–Trinajstić information content (AvgIpc) is 3.08. The number of ether oxygens (including phenoxy) is 1. The Labute approximate surface area is 168 Å². The number of rotatable bonds is 7. The molecule has 0 aliphatic rings. The van der Waals surface area contributed by atoms with Gasteiger partial charge in [-0.15, -0.1) is 11.3 Å². The van der Waals surface area contributed by atoms with Gasteiger partial charge in [-0.3, -0.25) is 4.79 Å². The zero-order valence-electron chi connectivity index (χ0n) is 15.9. The second-order valence-electron chi connectivity index (χ2n) is 6.55. The fourth-order valence-corrected chi connectivity index (χ4v) is 4.69. The quantitative estimate of drug-likeness (QED) is 0.589. The number of nitrogens with one attached hydrogen (secondary N) is 1. The number of fused-ring (bicyclic) bond motifs is 1. The van der Waals surface area contributed by atoms with Crippen LogP contribution in [-0.4, -0.2) is 25.9 Å². The van der Waals surface area contributed by atoms with Crippen LogP contribution in [0.2, 0.25) is 0 Å². The average molecular weight is 419 g/mol. The molecule has 3 aromatic rings. The van der Waals surface area contributed by atoms with Crippen LogP contribution in [0.4, 0.5) is 0 Å². The first kappa shape index (κ1) is 20.4. The van der Waals surface area contributed by atoms with E-state index in [9.17, 15) is 13.2 Å². The number of thiazole rings is 1.